The highest BCUT2D eigenvalue weighted by Crippen LogP contribution is 2.02. The fourth-order valence-corrected chi connectivity index (χ4v) is 0.988. The molecule has 1 aromatic heterocycles. The summed E-state index contributed by atoms with van der Waals surface area (Å²) in [6, 6.07) is 3.25. The van der Waals surface area contributed by atoms with Gasteiger partial charge in [-0.25, -0.2) is 4.79 Å². The van der Waals surface area contributed by atoms with Gasteiger partial charge < -0.3 is 9.67 Å². The van der Waals surface area contributed by atoms with E-state index in [0.29, 0.717) is 13.0 Å². The van der Waals surface area contributed by atoms with Crippen molar-refractivity contribution in [1.29, 1.82) is 0 Å². The average molecular weight is 163 g/mol. The Hall–Kier alpha value is -1.69. The molecule has 0 radical (unpaired) electrons. The zero-order valence-electron chi connectivity index (χ0n) is 6.53. The SMILES string of the molecule is C#CCCn1cccc1C(=O)O. The van der Waals surface area contributed by atoms with Crippen LogP contribution in [-0.4, -0.2) is 15.6 Å². The summed E-state index contributed by atoms with van der Waals surface area (Å²) in [5.41, 5.74) is 0.283. The molecule has 0 aliphatic heterocycles. The zero-order valence-corrected chi connectivity index (χ0v) is 6.53. The van der Waals surface area contributed by atoms with Crippen LogP contribution in [0.5, 0.6) is 0 Å². The van der Waals surface area contributed by atoms with Crippen LogP contribution in [-0.2, 0) is 6.54 Å². The standard InChI is InChI=1S/C9H9NO2/c1-2-3-6-10-7-4-5-8(10)9(11)12/h1,4-5,7H,3,6H2,(H,11,12). The molecule has 0 fully saturated rings. The molecular weight excluding hydrogens is 154 g/mol. The first-order valence-corrected chi connectivity index (χ1v) is 3.57. The van der Waals surface area contributed by atoms with E-state index in [1.807, 2.05) is 0 Å². The highest BCUT2D eigenvalue weighted by Gasteiger charge is 2.06. The van der Waals surface area contributed by atoms with Gasteiger partial charge in [-0.3, -0.25) is 0 Å². The number of terminal acetylenes is 1. The van der Waals surface area contributed by atoms with Gasteiger partial charge in [0.25, 0.3) is 0 Å². The first-order valence-electron chi connectivity index (χ1n) is 3.57. The van der Waals surface area contributed by atoms with Crippen LogP contribution >= 0.6 is 0 Å². The third kappa shape index (κ3) is 1.67. The van der Waals surface area contributed by atoms with Crippen molar-refractivity contribution in [3.05, 3.63) is 24.0 Å². The van der Waals surface area contributed by atoms with Gasteiger partial charge in [-0.2, -0.15) is 0 Å². The predicted octanol–water partition coefficient (Wildman–Crippen LogP) is 1.21. The van der Waals surface area contributed by atoms with Crippen molar-refractivity contribution in [1.82, 2.24) is 4.57 Å². The molecule has 1 rings (SSSR count). The van der Waals surface area contributed by atoms with E-state index in [0.717, 1.165) is 0 Å². The van der Waals surface area contributed by atoms with Gasteiger partial charge in [0.1, 0.15) is 5.69 Å². The predicted molar refractivity (Wildman–Crippen MR) is 44.8 cm³/mol. The monoisotopic (exact) mass is 163 g/mol. The molecule has 0 saturated heterocycles. The average Bonchev–Trinajstić information content (AvgIpc) is 2.48. The van der Waals surface area contributed by atoms with E-state index < -0.39 is 5.97 Å². The van der Waals surface area contributed by atoms with Gasteiger partial charge in [-0.1, -0.05) is 0 Å². The number of nitrogens with zero attached hydrogens (tertiary/aromatic N) is 1. The van der Waals surface area contributed by atoms with Gasteiger partial charge in [0.05, 0.1) is 0 Å². The van der Waals surface area contributed by atoms with E-state index in [9.17, 15) is 4.79 Å². The Bertz CT molecular complexity index is 320. The van der Waals surface area contributed by atoms with E-state index in [1.54, 1.807) is 22.9 Å². The lowest BCUT2D eigenvalue weighted by molar-refractivity contribution is 0.0685. The second kappa shape index (κ2) is 3.63. The lowest BCUT2D eigenvalue weighted by Gasteiger charge is -2.01. The molecule has 1 aromatic rings. The quantitative estimate of drug-likeness (QED) is 0.680. The number of carbonyl (C=O) groups is 1. The summed E-state index contributed by atoms with van der Waals surface area (Å²) in [5, 5.41) is 8.68. The zero-order chi connectivity index (χ0) is 8.97. The molecule has 12 heavy (non-hydrogen) atoms. The van der Waals surface area contributed by atoms with Crippen LogP contribution in [0.4, 0.5) is 0 Å². The van der Waals surface area contributed by atoms with Crippen molar-refractivity contribution >= 4 is 5.97 Å². The van der Waals surface area contributed by atoms with Gasteiger partial charge in [-0.15, -0.1) is 12.3 Å². The molecular formula is C9H9NO2. The molecule has 1 N–H and O–H groups in total. The minimum absolute atomic E-state index is 0.283. The number of aromatic carboxylic acids is 1. The first kappa shape index (κ1) is 8.41. The van der Waals surface area contributed by atoms with Crippen LogP contribution in [0.15, 0.2) is 18.3 Å². The van der Waals surface area contributed by atoms with Gasteiger partial charge in [0, 0.05) is 19.2 Å². The summed E-state index contributed by atoms with van der Waals surface area (Å²) in [4.78, 5) is 10.6. The summed E-state index contributed by atoms with van der Waals surface area (Å²) in [6.07, 6.45) is 7.32. The van der Waals surface area contributed by atoms with E-state index >= 15 is 0 Å². The number of aromatic nitrogens is 1. The Morgan fingerprint density at radius 2 is 2.50 bits per heavy atom. The molecule has 3 heteroatoms. The van der Waals surface area contributed by atoms with Crippen molar-refractivity contribution in [2.75, 3.05) is 0 Å². The van der Waals surface area contributed by atoms with Gasteiger partial charge >= 0.3 is 5.97 Å². The van der Waals surface area contributed by atoms with Gasteiger partial charge in [0.15, 0.2) is 0 Å². The van der Waals surface area contributed by atoms with E-state index in [-0.39, 0.29) is 5.69 Å². The number of hydrogen-bond donors (Lipinski definition) is 1. The summed E-state index contributed by atoms with van der Waals surface area (Å²) < 4.78 is 1.63. The highest BCUT2D eigenvalue weighted by atomic mass is 16.4. The van der Waals surface area contributed by atoms with Gasteiger partial charge in [0.2, 0.25) is 0 Å². The first-order chi connectivity index (χ1) is 5.75. The molecule has 0 bridgehead atoms. The molecule has 0 atom stereocenters. The Labute approximate surface area is 70.6 Å². The van der Waals surface area contributed by atoms with Crippen LogP contribution in [0.1, 0.15) is 16.9 Å². The fourth-order valence-electron chi connectivity index (χ4n) is 0.988. The molecule has 1 heterocycles. The fraction of sp³-hybridized carbons (Fsp3) is 0.222. The van der Waals surface area contributed by atoms with Crippen molar-refractivity contribution in [3.63, 3.8) is 0 Å². The number of hydrogen-bond acceptors (Lipinski definition) is 1. The number of rotatable bonds is 3. The molecule has 62 valence electrons. The molecule has 0 saturated carbocycles. The van der Waals surface area contributed by atoms with Crippen LogP contribution in [0.2, 0.25) is 0 Å². The Morgan fingerprint density at radius 3 is 3.08 bits per heavy atom. The molecule has 0 aliphatic carbocycles. The van der Waals surface area contributed by atoms with E-state index in [4.69, 9.17) is 11.5 Å². The third-order valence-electron chi connectivity index (χ3n) is 1.55. The Morgan fingerprint density at radius 1 is 1.75 bits per heavy atom. The molecule has 0 aliphatic rings. The minimum atomic E-state index is -0.919. The van der Waals surface area contributed by atoms with Crippen molar-refractivity contribution < 1.29 is 9.90 Å². The lowest BCUT2D eigenvalue weighted by Crippen LogP contribution is -2.07. The van der Waals surface area contributed by atoms with E-state index in [1.165, 1.54) is 0 Å². The van der Waals surface area contributed by atoms with Crippen LogP contribution in [0.25, 0.3) is 0 Å². The molecule has 0 amide bonds. The number of aryl methyl sites for hydroxylation is 1. The van der Waals surface area contributed by atoms with Gasteiger partial charge in [-0.05, 0) is 12.1 Å². The summed E-state index contributed by atoms with van der Waals surface area (Å²) in [6.45, 7) is 0.561. The molecule has 0 unspecified atom stereocenters. The van der Waals surface area contributed by atoms with Crippen molar-refractivity contribution in [2.45, 2.75) is 13.0 Å². The second-order valence-electron chi connectivity index (χ2n) is 2.35. The molecule has 0 spiro atoms. The lowest BCUT2D eigenvalue weighted by atomic mass is 10.4. The third-order valence-corrected chi connectivity index (χ3v) is 1.55. The Balaban J connectivity index is 2.79. The maximum Gasteiger partial charge on any atom is 0.352 e. The topological polar surface area (TPSA) is 42.2 Å². The largest absolute Gasteiger partial charge is 0.477 e. The molecule has 3 nitrogen and oxygen atoms in total. The maximum absolute atomic E-state index is 10.6. The normalized spacial score (nSPS) is 9.25. The Kier molecular flexibility index (Phi) is 2.54. The van der Waals surface area contributed by atoms with Crippen LogP contribution in [0, 0.1) is 12.3 Å². The molecule has 0 aromatic carbocycles. The summed E-state index contributed by atoms with van der Waals surface area (Å²) in [5.74, 6) is 1.54. The summed E-state index contributed by atoms with van der Waals surface area (Å²) in [7, 11) is 0. The smallest absolute Gasteiger partial charge is 0.352 e. The summed E-state index contributed by atoms with van der Waals surface area (Å²) >= 11 is 0. The second-order valence-corrected chi connectivity index (χ2v) is 2.35. The van der Waals surface area contributed by atoms with Crippen molar-refractivity contribution in [2.24, 2.45) is 0 Å². The number of carboxylic acid groups (broad SMARTS) is 1. The van der Waals surface area contributed by atoms with E-state index in [2.05, 4.69) is 5.92 Å². The van der Waals surface area contributed by atoms with Crippen LogP contribution in [0.3, 0.4) is 0 Å². The number of carboxylic acids is 1. The van der Waals surface area contributed by atoms with Crippen molar-refractivity contribution in [3.8, 4) is 12.3 Å². The highest BCUT2D eigenvalue weighted by molar-refractivity contribution is 5.85. The minimum Gasteiger partial charge on any atom is -0.477 e. The maximum atomic E-state index is 10.6. The van der Waals surface area contributed by atoms with Crippen LogP contribution < -0.4 is 0 Å².